The smallest absolute Gasteiger partial charge is 0.340 e. The van der Waals surface area contributed by atoms with Crippen molar-refractivity contribution in [2.75, 3.05) is 6.61 Å². The molecule has 3 rings (SSSR count). The molecule has 0 aliphatic rings. The molecule has 1 aromatic heterocycles. The second-order valence-electron chi connectivity index (χ2n) is 7.70. The van der Waals surface area contributed by atoms with Gasteiger partial charge in [-0.15, -0.1) is 0 Å². The number of nitrogens with zero attached hydrogens (tertiary/aromatic N) is 1. The standard InChI is InChI=1S/C23H27NO5/c1-6-26-22(25)21(29-23(3,4)5)17-12-13-18-19(24-15(2)28-18)20(17)27-14-16-10-8-7-9-11-16/h7-13,21H,6,14H2,1-5H3. The van der Waals surface area contributed by atoms with Crippen molar-refractivity contribution in [2.45, 2.75) is 52.9 Å². The lowest BCUT2D eigenvalue weighted by Crippen LogP contribution is -2.29. The van der Waals surface area contributed by atoms with Crippen LogP contribution in [-0.4, -0.2) is 23.2 Å². The van der Waals surface area contributed by atoms with Crippen LogP contribution >= 0.6 is 0 Å². The van der Waals surface area contributed by atoms with E-state index in [1.54, 1.807) is 26.0 Å². The van der Waals surface area contributed by atoms with Crippen LogP contribution in [0.5, 0.6) is 5.75 Å². The SMILES string of the molecule is CCOC(=O)C(OC(C)(C)C)c1ccc2oc(C)nc2c1OCc1ccccc1. The Labute approximate surface area is 170 Å². The number of hydrogen-bond donors (Lipinski definition) is 0. The van der Waals surface area contributed by atoms with E-state index in [4.69, 9.17) is 18.6 Å². The van der Waals surface area contributed by atoms with Crippen LogP contribution in [0.4, 0.5) is 0 Å². The molecule has 0 spiro atoms. The van der Waals surface area contributed by atoms with Crippen molar-refractivity contribution in [1.29, 1.82) is 0 Å². The van der Waals surface area contributed by atoms with Crippen LogP contribution in [0, 0.1) is 6.92 Å². The van der Waals surface area contributed by atoms with Gasteiger partial charge in [-0.05, 0) is 45.4 Å². The highest BCUT2D eigenvalue weighted by molar-refractivity contribution is 5.86. The van der Waals surface area contributed by atoms with E-state index in [1.807, 2.05) is 51.1 Å². The minimum atomic E-state index is -0.942. The summed E-state index contributed by atoms with van der Waals surface area (Å²) >= 11 is 0. The highest BCUT2D eigenvalue weighted by Gasteiger charge is 2.32. The zero-order chi connectivity index (χ0) is 21.0. The molecule has 0 amide bonds. The number of aryl methyl sites for hydroxylation is 1. The summed E-state index contributed by atoms with van der Waals surface area (Å²) in [6.07, 6.45) is -0.942. The quantitative estimate of drug-likeness (QED) is 0.515. The summed E-state index contributed by atoms with van der Waals surface area (Å²) in [5.74, 6) is 0.517. The number of benzene rings is 2. The topological polar surface area (TPSA) is 70.8 Å². The maximum Gasteiger partial charge on any atom is 0.340 e. The molecule has 0 aliphatic carbocycles. The first-order valence-corrected chi connectivity index (χ1v) is 9.69. The third kappa shape index (κ3) is 5.15. The molecular weight excluding hydrogens is 370 g/mol. The highest BCUT2D eigenvalue weighted by Crippen LogP contribution is 2.38. The highest BCUT2D eigenvalue weighted by atomic mass is 16.6. The van der Waals surface area contributed by atoms with Crippen molar-refractivity contribution in [3.05, 3.63) is 59.5 Å². The van der Waals surface area contributed by atoms with Crippen LogP contribution in [0.25, 0.3) is 11.1 Å². The van der Waals surface area contributed by atoms with E-state index in [2.05, 4.69) is 4.98 Å². The number of oxazole rings is 1. The van der Waals surface area contributed by atoms with E-state index in [0.717, 1.165) is 5.56 Å². The number of esters is 1. The summed E-state index contributed by atoms with van der Waals surface area (Å²) in [4.78, 5) is 17.2. The van der Waals surface area contributed by atoms with Gasteiger partial charge in [-0.1, -0.05) is 30.3 Å². The monoisotopic (exact) mass is 397 g/mol. The van der Waals surface area contributed by atoms with Gasteiger partial charge in [0.1, 0.15) is 6.61 Å². The van der Waals surface area contributed by atoms with Gasteiger partial charge in [0.25, 0.3) is 0 Å². The minimum absolute atomic E-state index is 0.258. The fraction of sp³-hybridized carbons (Fsp3) is 0.391. The zero-order valence-electron chi connectivity index (χ0n) is 17.5. The number of carbonyl (C=O) groups is 1. The Kier molecular flexibility index (Phi) is 6.23. The molecule has 154 valence electrons. The molecular formula is C23H27NO5. The second-order valence-corrected chi connectivity index (χ2v) is 7.70. The summed E-state index contributed by atoms with van der Waals surface area (Å²) in [6.45, 7) is 9.80. The van der Waals surface area contributed by atoms with Gasteiger partial charge < -0.3 is 18.6 Å². The van der Waals surface area contributed by atoms with Crippen molar-refractivity contribution in [3.8, 4) is 5.75 Å². The summed E-state index contributed by atoms with van der Waals surface area (Å²) in [5.41, 5.74) is 2.15. The number of aromatic nitrogens is 1. The maximum atomic E-state index is 12.7. The van der Waals surface area contributed by atoms with Gasteiger partial charge in [0.15, 0.2) is 28.8 Å². The molecule has 29 heavy (non-hydrogen) atoms. The molecule has 3 aromatic rings. The molecule has 1 atom stereocenters. The van der Waals surface area contributed by atoms with Crippen LogP contribution in [0.3, 0.4) is 0 Å². The Bertz CT molecular complexity index is 972. The molecule has 0 bridgehead atoms. The van der Waals surface area contributed by atoms with E-state index in [0.29, 0.717) is 34.9 Å². The summed E-state index contributed by atoms with van der Waals surface area (Å²) < 4.78 is 23.2. The van der Waals surface area contributed by atoms with Crippen molar-refractivity contribution < 1.29 is 23.4 Å². The van der Waals surface area contributed by atoms with Gasteiger partial charge in [0, 0.05) is 12.5 Å². The van der Waals surface area contributed by atoms with Crippen LogP contribution < -0.4 is 4.74 Å². The molecule has 0 saturated heterocycles. The lowest BCUT2D eigenvalue weighted by molar-refractivity contribution is -0.167. The molecule has 0 saturated carbocycles. The number of rotatable bonds is 7. The molecule has 1 unspecified atom stereocenters. The fourth-order valence-corrected chi connectivity index (χ4v) is 2.99. The molecule has 2 aromatic carbocycles. The molecule has 1 heterocycles. The first-order valence-electron chi connectivity index (χ1n) is 9.69. The largest absolute Gasteiger partial charge is 0.486 e. The lowest BCUT2D eigenvalue weighted by Gasteiger charge is -2.27. The Balaban J connectivity index is 2.07. The van der Waals surface area contributed by atoms with Crippen molar-refractivity contribution in [2.24, 2.45) is 0 Å². The molecule has 0 N–H and O–H groups in total. The number of carbonyl (C=O) groups excluding carboxylic acids is 1. The molecule has 0 fully saturated rings. The zero-order valence-corrected chi connectivity index (χ0v) is 17.5. The third-order valence-electron chi connectivity index (χ3n) is 4.13. The predicted molar refractivity (Wildman–Crippen MR) is 110 cm³/mol. The molecule has 6 heteroatoms. The molecule has 0 aliphatic heterocycles. The Morgan fingerprint density at radius 3 is 2.52 bits per heavy atom. The summed E-state index contributed by atoms with van der Waals surface area (Å²) in [7, 11) is 0. The van der Waals surface area contributed by atoms with Crippen molar-refractivity contribution in [3.63, 3.8) is 0 Å². The summed E-state index contributed by atoms with van der Waals surface area (Å²) in [6, 6.07) is 13.4. The van der Waals surface area contributed by atoms with Gasteiger partial charge in [-0.3, -0.25) is 0 Å². The Hall–Kier alpha value is -2.86. The normalized spacial score (nSPS) is 12.7. The van der Waals surface area contributed by atoms with Gasteiger partial charge in [0.2, 0.25) is 0 Å². The first kappa shape index (κ1) is 20.9. The first-order chi connectivity index (χ1) is 13.8. The van der Waals surface area contributed by atoms with Crippen molar-refractivity contribution in [1.82, 2.24) is 4.98 Å². The second kappa shape index (κ2) is 8.66. The Morgan fingerprint density at radius 2 is 1.86 bits per heavy atom. The average molecular weight is 397 g/mol. The van der Waals surface area contributed by atoms with Gasteiger partial charge >= 0.3 is 5.97 Å². The lowest BCUT2D eigenvalue weighted by atomic mass is 10.1. The predicted octanol–water partition coefficient (Wildman–Crippen LogP) is 5.13. The van der Waals surface area contributed by atoms with E-state index in [-0.39, 0.29) is 6.61 Å². The minimum Gasteiger partial charge on any atom is -0.486 e. The summed E-state index contributed by atoms with van der Waals surface area (Å²) in [5, 5.41) is 0. The van der Waals surface area contributed by atoms with Crippen LogP contribution in [0.15, 0.2) is 46.9 Å². The van der Waals surface area contributed by atoms with Gasteiger partial charge in [-0.25, -0.2) is 9.78 Å². The van der Waals surface area contributed by atoms with E-state index in [1.165, 1.54) is 0 Å². The van der Waals surface area contributed by atoms with Crippen molar-refractivity contribution >= 4 is 17.1 Å². The fourth-order valence-electron chi connectivity index (χ4n) is 2.99. The molecule has 0 radical (unpaired) electrons. The maximum absolute atomic E-state index is 12.7. The van der Waals surface area contributed by atoms with Gasteiger partial charge in [0.05, 0.1) is 12.2 Å². The number of ether oxygens (including phenoxy) is 3. The van der Waals surface area contributed by atoms with E-state index in [9.17, 15) is 4.79 Å². The molecule has 6 nitrogen and oxygen atoms in total. The van der Waals surface area contributed by atoms with E-state index < -0.39 is 17.7 Å². The number of hydrogen-bond acceptors (Lipinski definition) is 6. The van der Waals surface area contributed by atoms with E-state index >= 15 is 0 Å². The van der Waals surface area contributed by atoms with Crippen LogP contribution in [-0.2, 0) is 20.9 Å². The average Bonchev–Trinajstić information content (AvgIpc) is 3.05. The number of fused-ring (bicyclic) bond motifs is 1. The van der Waals surface area contributed by atoms with Crippen LogP contribution in [0.1, 0.15) is 50.8 Å². The third-order valence-corrected chi connectivity index (χ3v) is 4.13. The van der Waals surface area contributed by atoms with Crippen LogP contribution in [0.2, 0.25) is 0 Å². The Morgan fingerprint density at radius 1 is 1.14 bits per heavy atom. The van der Waals surface area contributed by atoms with Gasteiger partial charge in [-0.2, -0.15) is 0 Å².